The number of piperidine rings is 1. The van der Waals surface area contributed by atoms with Crippen LogP contribution in [0.5, 0.6) is 5.75 Å². The van der Waals surface area contributed by atoms with Gasteiger partial charge in [-0.3, -0.25) is 4.79 Å². The minimum Gasteiger partial charge on any atom is -0.483 e. The van der Waals surface area contributed by atoms with Gasteiger partial charge in [-0.05, 0) is 63.7 Å². The minimum absolute atomic E-state index is 0. The Morgan fingerprint density at radius 2 is 1.79 bits per heavy atom. The molecule has 1 aliphatic rings. The van der Waals surface area contributed by atoms with Crippen LogP contribution < -0.4 is 10.1 Å². The second-order valence-corrected chi connectivity index (χ2v) is 6.65. The number of nitrogens with zero attached hydrogens (tertiary/aromatic N) is 1. The molecule has 0 bridgehead atoms. The van der Waals surface area contributed by atoms with Crippen LogP contribution in [0, 0.1) is 26.7 Å². The maximum Gasteiger partial charge on any atom is 0.260 e. The van der Waals surface area contributed by atoms with Crippen LogP contribution >= 0.6 is 12.4 Å². The van der Waals surface area contributed by atoms with Gasteiger partial charge in [0, 0.05) is 13.1 Å². The van der Waals surface area contributed by atoms with Gasteiger partial charge in [0.25, 0.3) is 5.91 Å². The van der Waals surface area contributed by atoms with Gasteiger partial charge < -0.3 is 15.0 Å². The third-order valence-electron chi connectivity index (χ3n) is 4.59. The smallest absolute Gasteiger partial charge is 0.260 e. The molecule has 1 saturated heterocycles. The summed E-state index contributed by atoms with van der Waals surface area (Å²) in [4.78, 5) is 14.3. The molecule has 2 rings (SSSR count). The summed E-state index contributed by atoms with van der Waals surface area (Å²) >= 11 is 0. The first kappa shape index (κ1) is 20.8. The average Bonchev–Trinajstić information content (AvgIpc) is 2.52. The highest BCUT2D eigenvalue weighted by Crippen LogP contribution is 2.24. The highest BCUT2D eigenvalue weighted by atomic mass is 35.5. The average molecular weight is 355 g/mol. The number of hydrogen-bond acceptors (Lipinski definition) is 3. The normalized spacial score (nSPS) is 15.1. The summed E-state index contributed by atoms with van der Waals surface area (Å²) < 4.78 is 5.83. The fourth-order valence-electron chi connectivity index (χ4n) is 3.35. The summed E-state index contributed by atoms with van der Waals surface area (Å²) in [5.41, 5.74) is 3.42. The lowest BCUT2D eigenvalue weighted by molar-refractivity contribution is -0.134. The van der Waals surface area contributed by atoms with Gasteiger partial charge >= 0.3 is 0 Å². The first-order valence-electron chi connectivity index (χ1n) is 8.70. The van der Waals surface area contributed by atoms with Gasteiger partial charge in [-0.2, -0.15) is 0 Å². The van der Waals surface area contributed by atoms with Crippen molar-refractivity contribution in [3.8, 4) is 5.75 Å². The number of halogens is 1. The van der Waals surface area contributed by atoms with Crippen LogP contribution in [0.3, 0.4) is 0 Å². The predicted octanol–water partition coefficient (Wildman–Crippen LogP) is 3.26. The van der Waals surface area contributed by atoms with E-state index in [1.807, 2.05) is 18.7 Å². The summed E-state index contributed by atoms with van der Waals surface area (Å²) in [6.45, 7) is 12.2. The van der Waals surface area contributed by atoms with Gasteiger partial charge in [0.05, 0.1) is 0 Å². The zero-order valence-electron chi connectivity index (χ0n) is 15.4. The van der Waals surface area contributed by atoms with Gasteiger partial charge in [-0.1, -0.05) is 24.6 Å². The Bertz CT molecular complexity index is 517. The summed E-state index contributed by atoms with van der Waals surface area (Å²) in [6.07, 6.45) is 2.17. The van der Waals surface area contributed by atoms with Crippen molar-refractivity contribution in [3.05, 3.63) is 28.8 Å². The number of amides is 1. The van der Waals surface area contributed by atoms with E-state index in [-0.39, 0.29) is 24.9 Å². The summed E-state index contributed by atoms with van der Waals surface area (Å²) in [6, 6.07) is 4.19. The molecule has 0 radical (unpaired) electrons. The molecule has 136 valence electrons. The van der Waals surface area contributed by atoms with Crippen LogP contribution in [0.2, 0.25) is 0 Å². The van der Waals surface area contributed by atoms with Crippen LogP contribution in [0.4, 0.5) is 0 Å². The molecule has 0 unspecified atom stereocenters. The van der Waals surface area contributed by atoms with Crippen molar-refractivity contribution in [2.75, 3.05) is 32.8 Å². The molecular weight excluding hydrogens is 324 g/mol. The zero-order chi connectivity index (χ0) is 16.8. The first-order chi connectivity index (χ1) is 11.0. The van der Waals surface area contributed by atoms with E-state index in [0.29, 0.717) is 5.92 Å². The number of hydrogen-bond donors (Lipinski definition) is 1. The van der Waals surface area contributed by atoms with Gasteiger partial charge in [-0.25, -0.2) is 0 Å². The van der Waals surface area contributed by atoms with E-state index < -0.39 is 0 Å². The maximum atomic E-state index is 12.4. The van der Waals surface area contributed by atoms with Crippen molar-refractivity contribution in [3.63, 3.8) is 0 Å². The largest absolute Gasteiger partial charge is 0.483 e. The molecule has 4 nitrogen and oxygen atoms in total. The fourth-order valence-corrected chi connectivity index (χ4v) is 3.35. The highest BCUT2D eigenvalue weighted by molar-refractivity contribution is 5.85. The fraction of sp³-hybridized carbons (Fsp3) is 0.632. The Morgan fingerprint density at radius 3 is 2.33 bits per heavy atom. The zero-order valence-corrected chi connectivity index (χ0v) is 16.2. The molecule has 0 saturated carbocycles. The molecular formula is C19H31ClN2O2. The van der Waals surface area contributed by atoms with E-state index in [1.165, 1.54) is 5.56 Å². The molecule has 1 amide bonds. The minimum atomic E-state index is 0. The van der Waals surface area contributed by atoms with Gasteiger partial charge in [0.2, 0.25) is 0 Å². The number of carbonyl (C=O) groups is 1. The van der Waals surface area contributed by atoms with Crippen molar-refractivity contribution < 1.29 is 9.53 Å². The van der Waals surface area contributed by atoms with E-state index >= 15 is 0 Å². The Labute approximate surface area is 152 Å². The van der Waals surface area contributed by atoms with E-state index in [2.05, 4.69) is 31.3 Å². The standard InChI is InChI=1S/C19H30N2O2.ClH/c1-5-20-12-17-6-8-21(9-7-17)18(22)13-23-19-15(3)10-14(2)11-16(19)4;/h10-11,17,20H,5-9,12-13H2,1-4H3;1H. The van der Waals surface area contributed by atoms with E-state index in [1.54, 1.807) is 0 Å². The van der Waals surface area contributed by atoms with Crippen molar-refractivity contribution in [2.24, 2.45) is 5.92 Å². The van der Waals surface area contributed by atoms with Crippen LogP contribution in [0.1, 0.15) is 36.5 Å². The second kappa shape index (κ2) is 9.90. The van der Waals surface area contributed by atoms with Crippen molar-refractivity contribution in [1.29, 1.82) is 0 Å². The second-order valence-electron chi connectivity index (χ2n) is 6.65. The number of ether oxygens (including phenoxy) is 1. The quantitative estimate of drug-likeness (QED) is 0.852. The number of rotatable bonds is 6. The number of aryl methyl sites for hydroxylation is 3. The lowest BCUT2D eigenvalue weighted by Gasteiger charge is -2.32. The van der Waals surface area contributed by atoms with Crippen LogP contribution in [0.25, 0.3) is 0 Å². The maximum absolute atomic E-state index is 12.4. The first-order valence-corrected chi connectivity index (χ1v) is 8.70. The molecule has 1 aliphatic heterocycles. The Morgan fingerprint density at radius 1 is 1.21 bits per heavy atom. The van der Waals surface area contributed by atoms with Gasteiger partial charge in [-0.15, -0.1) is 12.4 Å². The molecule has 5 heteroatoms. The Balaban J connectivity index is 0.00000288. The van der Waals surface area contributed by atoms with Crippen molar-refractivity contribution in [1.82, 2.24) is 10.2 Å². The third-order valence-corrected chi connectivity index (χ3v) is 4.59. The van der Waals surface area contributed by atoms with Crippen LogP contribution in [-0.2, 0) is 4.79 Å². The van der Waals surface area contributed by atoms with E-state index in [4.69, 9.17) is 4.74 Å². The molecule has 0 aromatic heterocycles. The lowest BCUT2D eigenvalue weighted by atomic mass is 9.97. The number of benzene rings is 1. The number of nitrogens with one attached hydrogen (secondary N) is 1. The summed E-state index contributed by atoms with van der Waals surface area (Å²) in [5.74, 6) is 1.65. The van der Waals surface area contributed by atoms with Crippen LogP contribution in [0.15, 0.2) is 12.1 Å². The topological polar surface area (TPSA) is 41.6 Å². The third kappa shape index (κ3) is 5.67. The molecule has 0 atom stereocenters. The van der Waals surface area contributed by atoms with Crippen LogP contribution in [-0.4, -0.2) is 43.6 Å². The molecule has 24 heavy (non-hydrogen) atoms. The molecule has 1 heterocycles. The van der Waals surface area contributed by atoms with E-state index in [0.717, 1.165) is 55.9 Å². The van der Waals surface area contributed by atoms with Gasteiger partial charge in [0.1, 0.15) is 5.75 Å². The monoisotopic (exact) mass is 354 g/mol. The van der Waals surface area contributed by atoms with Gasteiger partial charge in [0.15, 0.2) is 6.61 Å². The van der Waals surface area contributed by atoms with E-state index in [9.17, 15) is 4.79 Å². The summed E-state index contributed by atoms with van der Waals surface area (Å²) in [7, 11) is 0. The molecule has 1 aromatic rings. The molecule has 1 fully saturated rings. The Kier molecular flexibility index (Phi) is 8.57. The van der Waals surface area contributed by atoms with Crippen molar-refractivity contribution in [2.45, 2.75) is 40.5 Å². The molecule has 1 aromatic carbocycles. The summed E-state index contributed by atoms with van der Waals surface area (Å²) in [5, 5.41) is 3.40. The molecule has 1 N–H and O–H groups in total. The number of likely N-dealkylation sites (tertiary alicyclic amines) is 1. The van der Waals surface area contributed by atoms with Crippen molar-refractivity contribution >= 4 is 18.3 Å². The predicted molar refractivity (Wildman–Crippen MR) is 101 cm³/mol. The molecule has 0 aliphatic carbocycles. The highest BCUT2D eigenvalue weighted by Gasteiger charge is 2.23. The molecule has 0 spiro atoms. The Hall–Kier alpha value is -1.26. The number of carbonyl (C=O) groups excluding carboxylic acids is 1. The SMILES string of the molecule is CCNCC1CCN(C(=O)COc2c(C)cc(C)cc2C)CC1.Cl. The lowest BCUT2D eigenvalue weighted by Crippen LogP contribution is -2.42.